The van der Waals surface area contributed by atoms with Crippen LogP contribution in [0.15, 0.2) is 18.2 Å². The van der Waals surface area contributed by atoms with Gasteiger partial charge in [0.05, 0.1) is 25.8 Å². The fourth-order valence-corrected chi connectivity index (χ4v) is 2.01. The van der Waals surface area contributed by atoms with E-state index < -0.39 is 0 Å². The van der Waals surface area contributed by atoms with E-state index in [-0.39, 0.29) is 25.0 Å². The van der Waals surface area contributed by atoms with E-state index in [1.165, 1.54) is 7.11 Å². The maximum absolute atomic E-state index is 12.1. The van der Waals surface area contributed by atoms with Crippen molar-refractivity contribution in [2.75, 3.05) is 31.7 Å². The number of anilines is 1. The molecule has 0 aromatic heterocycles. The summed E-state index contributed by atoms with van der Waals surface area (Å²) in [6, 6.07) is 5.48. The lowest BCUT2D eigenvalue weighted by Gasteiger charge is -2.29. The Labute approximate surface area is 117 Å². The normalized spacial score (nSPS) is 13.2. The first-order chi connectivity index (χ1) is 9.61. The number of carbonyl (C=O) groups is 2. The Bertz CT molecular complexity index is 516. The van der Waals surface area contributed by atoms with Crippen molar-refractivity contribution in [2.24, 2.45) is 0 Å². The van der Waals surface area contributed by atoms with Crippen LogP contribution < -0.4 is 15.0 Å². The van der Waals surface area contributed by atoms with Gasteiger partial charge in [-0.3, -0.25) is 9.69 Å². The zero-order chi connectivity index (χ0) is 14.5. The summed E-state index contributed by atoms with van der Waals surface area (Å²) in [5, 5.41) is 2.71. The molecule has 2 amide bonds. The van der Waals surface area contributed by atoms with Crippen LogP contribution in [0.2, 0.25) is 0 Å². The fourth-order valence-electron chi connectivity index (χ4n) is 2.01. The van der Waals surface area contributed by atoms with Gasteiger partial charge in [0.15, 0.2) is 0 Å². The zero-order valence-corrected chi connectivity index (χ0v) is 11.6. The van der Waals surface area contributed by atoms with Gasteiger partial charge >= 0.3 is 12.0 Å². The van der Waals surface area contributed by atoms with Crippen LogP contribution in [-0.4, -0.2) is 38.8 Å². The van der Waals surface area contributed by atoms with Gasteiger partial charge in [-0.1, -0.05) is 6.07 Å². The fraction of sp³-hybridized carbons (Fsp3) is 0.429. The quantitative estimate of drug-likeness (QED) is 0.850. The minimum absolute atomic E-state index is 0.160. The van der Waals surface area contributed by atoms with Gasteiger partial charge in [-0.2, -0.15) is 0 Å². The van der Waals surface area contributed by atoms with Gasteiger partial charge in [0, 0.05) is 6.54 Å². The van der Waals surface area contributed by atoms with E-state index in [0.29, 0.717) is 18.9 Å². The van der Waals surface area contributed by atoms with Gasteiger partial charge in [-0.25, -0.2) is 4.79 Å². The molecular weight excluding hydrogens is 260 g/mol. The smallest absolute Gasteiger partial charge is 0.322 e. The number of carbonyl (C=O) groups excluding carboxylic acids is 2. The summed E-state index contributed by atoms with van der Waals surface area (Å²) in [5.74, 6) is 0.355. The monoisotopic (exact) mass is 278 g/mol. The molecule has 0 fully saturated rings. The number of aryl methyl sites for hydroxylation is 1. The van der Waals surface area contributed by atoms with E-state index in [9.17, 15) is 9.59 Å². The molecule has 108 valence electrons. The lowest BCUT2D eigenvalue weighted by molar-refractivity contribution is -0.140. The molecule has 6 heteroatoms. The highest BCUT2D eigenvalue weighted by Crippen LogP contribution is 2.32. The third-order valence-corrected chi connectivity index (χ3v) is 3.06. The molecule has 0 bridgehead atoms. The molecule has 20 heavy (non-hydrogen) atoms. The van der Waals surface area contributed by atoms with Crippen LogP contribution in [0.3, 0.4) is 0 Å². The number of amides is 2. The average molecular weight is 278 g/mol. The van der Waals surface area contributed by atoms with E-state index in [0.717, 1.165) is 11.3 Å². The molecule has 1 aliphatic rings. The summed E-state index contributed by atoms with van der Waals surface area (Å²) >= 11 is 0. The number of hydrogen-bond acceptors (Lipinski definition) is 4. The molecule has 0 aliphatic carbocycles. The second kappa shape index (κ2) is 6.27. The molecule has 1 aliphatic heterocycles. The Morgan fingerprint density at radius 1 is 1.45 bits per heavy atom. The van der Waals surface area contributed by atoms with Crippen LogP contribution in [0.4, 0.5) is 10.5 Å². The minimum Gasteiger partial charge on any atom is -0.490 e. The third-order valence-electron chi connectivity index (χ3n) is 3.06. The molecule has 0 unspecified atom stereocenters. The predicted octanol–water partition coefficient (Wildman–Crippen LogP) is 1.47. The van der Waals surface area contributed by atoms with Crippen molar-refractivity contribution >= 4 is 17.7 Å². The number of ether oxygens (including phenoxy) is 2. The number of benzene rings is 1. The number of fused-ring (bicyclic) bond motifs is 1. The van der Waals surface area contributed by atoms with Gasteiger partial charge in [-0.05, 0) is 24.6 Å². The van der Waals surface area contributed by atoms with Crippen molar-refractivity contribution < 1.29 is 19.1 Å². The number of rotatable bonds is 3. The number of nitrogens with one attached hydrogen (secondary N) is 1. The molecule has 0 saturated heterocycles. The molecule has 2 rings (SSSR count). The first-order valence-electron chi connectivity index (χ1n) is 6.47. The van der Waals surface area contributed by atoms with Crippen molar-refractivity contribution in [2.45, 2.75) is 13.3 Å². The van der Waals surface area contributed by atoms with E-state index in [1.807, 2.05) is 25.1 Å². The topological polar surface area (TPSA) is 67.9 Å². The Hall–Kier alpha value is -2.24. The van der Waals surface area contributed by atoms with Gasteiger partial charge in [-0.15, -0.1) is 0 Å². The van der Waals surface area contributed by atoms with Crippen LogP contribution in [0.1, 0.15) is 12.0 Å². The Kier molecular flexibility index (Phi) is 4.45. The number of methoxy groups -OCH3 is 1. The van der Waals surface area contributed by atoms with E-state index >= 15 is 0 Å². The van der Waals surface area contributed by atoms with Crippen molar-refractivity contribution in [3.8, 4) is 5.75 Å². The molecule has 1 heterocycles. The summed E-state index contributed by atoms with van der Waals surface area (Å²) < 4.78 is 10.0. The molecule has 0 spiro atoms. The second-order valence-corrected chi connectivity index (χ2v) is 4.53. The average Bonchev–Trinajstić information content (AvgIpc) is 2.46. The van der Waals surface area contributed by atoms with Gasteiger partial charge < -0.3 is 14.8 Å². The Balaban J connectivity index is 2.01. The molecule has 0 saturated carbocycles. The number of hydrogen-bond donors (Lipinski definition) is 1. The second-order valence-electron chi connectivity index (χ2n) is 4.53. The Morgan fingerprint density at radius 2 is 2.25 bits per heavy atom. The molecule has 0 radical (unpaired) electrons. The van der Waals surface area contributed by atoms with Crippen molar-refractivity contribution in [1.29, 1.82) is 0 Å². The highest BCUT2D eigenvalue weighted by Gasteiger charge is 2.23. The maximum Gasteiger partial charge on any atom is 0.322 e. The molecular formula is C14H18N2O4. The molecule has 1 aromatic carbocycles. The number of nitrogens with zero attached hydrogens (tertiary/aromatic N) is 1. The van der Waals surface area contributed by atoms with Gasteiger partial charge in [0.2, 0.25) is 0 Å². The molecule has 6 nitrogen and oxygen atoms in total. The van der Waals surface area contributed by atoms with Crippen LogP contribution >= 0.6 is 0 Å². The molecule has 1 aromatic rings. The summed E-state index contributed by atoms with van der Waals surface area (Å²) in [7, 11) is 1.32. The Morgan fingerprint density at radius 3 is 3.00 bits per heavy atom. The SMILES string of the molecule is COC(=O)CCNC(=O)N1CCOc2ccc(C)cc21. The van der Waals surface area contributed by atoms with Crippen LogP contribution in [0.25, 0.3) is 0 Å². The van der Waals surface area contributed by atoms with E-state index in [1.54, 1.807) is 4.90 Å². The van der Waals surface area contributed by atoms with Crippen molar-refractivity contribution in [3.63, 3.8) is 0 Å². The third kappa shape index (κ3) is 3.20. The van der Waals surface area contributed by atoms with Crippen molar-refractivity contribution in [3.05, 3.63) is 23.8 Å². The largest absolute Gasteiger partial charge is 0.490 e. The van der Waals surface area contributed by atoms with Crippen molar-refractivity contribution in [1.82, 2.24) is 5.32 Å². The predicted molar refractivity (Wildman–Crippen MR) is 74.1 cm³/mol. The van der Waals surface area contributed by atoms with Gasteiger partial charge in [0.25, 0.3) is 0 Å². The highest BCUT2D eigenvalue weighted by atomic mass is 16.5. The standard InChI is InChI=1S/C14H18N2O4/c1-10-3-4-12-11(9-10)16(7-8-20-12)14(18)15-6-5-13(17)19-2/h3-4,9H,5-8H2,1-2H3,(H,15,18). The summed E-state index contributed by atoms with van der Waals surface area (Å²) in [6.45, 7) is 3.16. The summed E-state index contributed by atoms with van der Waals surface area (Å²) in [4.78, 5) is 24.8. The van der Waals surface area contributed by atoms with Crippen LogP contribution in [0.5, 0.6) is 5.75 Å². The maximum atomic E-state index is 12.1. The first kappa shape index (κ1) is 14.2. The highest BCUT2D eigenvalue weighted by molar-refractivity contribution is 5.94. The lowest BCUT2D eigenvalue weighted by atomic mass is 10.1. The summed E-state index contributed by atoms with van der Waals surface area (Å²) in [6.07, 6.45) is 0.160. The molecule has 1 N–H and O–H groups in total. The summed E-state index contributed by atoms with van der Waals surface area (Å²) in [5.41, 5.74) is 1.81. The first-order valence-corrected chi connectivity index (χ1v) is 6.47. The lowest BCUT2D eigenvalue weighted by Crippen LogP contribution is -2.45. The van der Waals surface area contributed by atoms with Gasteiger partial charge in [0.1, 0.15) is 12.4 Å². The number of urea groups is 1. The van der Waals surface area contributed by atoms with Crippen LogP contribution in [-0.2, 0) is 9.53 Å². The number of esters is 1. The zero-order valence-electron chi connectivity index (χ0n) is 11.6. The van der Waals surface area contributed by atoms with Crippen LogP contribution in [0, 0.1) is 6.92 Å². The minimum atomic E-state index is -0.344. The van der Waals surface area contributed by atoms with E-state index in [2.05, 4.69) is 10.1 Å². The molecule has 0 atom stereocenters. The van der Waals surface area contributed by atoms with E-state index in [4.69, 9.17) is 4.74 Å².